The molecule has 0 aliphatic carbocycles. The molecule has 1 N–H and O–H groups in total. The second-order valence-electron chi connectivity index (χ2n) is 4.34. The highest BCUT2D eigenvalue weighted by Gasteiger charge is 2.07. The number of rotatable bonds is 8. The summed E-state index contributed by atoms with van der Waals surface area (Å²) in [5.74, 6) is 0.875. The van der Waals surface area contributed by atoms with Crippen molar-refractivity contribution in [1.82, 2.24) is 10.2 Å². The zero-order valence-electron chi connectivity index (χ0n) is 10.7. The molecule has 0 aliphatic rings. The van der Waals surface area contributed by atoms with Gasteiger partial charge in [0.25, 0.3) is 0 Å². The summed E-state index contributed by atoms with van der Waals surface area (Å²) < 4.78 is 0. The van der Waals surface area contributed by atoms with Crippen molar-refractivity contribution in [2.75, 3.05) is 27.2 Å². The predicted molar refractivity (Wildman–Crippen MR) is 64.9 cm³/mol. The van der Waals surface area contributed by atoms with Crippen LogP contribution in [0.2, 0.25) is 0 Å². The Balaban J connectivity index is 3.58. The van der Waals surface area contributed by atoms with Gasteiger partial charge in [-0.3, -0.25) is 4.79 Å². The monoisotopic (exact) mass is 214 g/mol. The number of hydrogen-bond donors (Lipinski definition) is 1. The molecule has 0 spiro atoms. The van der Waals surface area contributed by atoms with Crippen molar-refractivity contribution in [3.63, 3.8) is 0 Å². The van der Waals surface area contributed by atoms with Crippen molar-refractivity contribution >= 4 is 5.91 Å². The predicted octanol–water partition coefficient (Wildman–Crippen LogP) is 1.88. The van der Waals surface area contributed by atoms with Gasteiger partial charge in [-0.25, -0.2) is 0 Å². The van der Waals surface area contributed by atoms with Crippen molar-refractivity contribution in [2.45, 2.75) is 39.5 Å². The van der Waals surface area contributed by atoms with E-state index in [4.69, 9.17) is 0 Å². The van der Waals surface area contributed by atoms with Crippen molar-refractivity contribution < 1.29 is 4.79 Å². The van der Waals surface area contributed by atoms with Gasteiger partial charge in [0, 0.05) is 14.1 Å². The number of carbonyl (C=O) groups is 1. The number of nitrogens with one attached hydrogen (secondary N) is 1. The van der Waals surface area contributed by atoms with E-state index in [0.717, 1.165) is 12.5 Å². The second-order valence-corrected chi connectivity index (χ2v) is 4.34. The summed E-state index contributed by atoms with van der Waals surface area (Å²) in [7, 11) is 3.58. The van der Waals surface area contributed by atoms with Crippen molar-refractivity contribution in [2.24, 2.45) is 5.92 Å². The fourth-order valence-electron chi connectivity index (χ4n) is 1.48. The third kappa shape index (κ3) is 7.37. The molecule has 0 aromatic rings. The van der Waals surface area contributed by atoms with Gasteiger partial charge in [-0.2, -0.15) is 0 Å². The van der Waals surface area contributed by atoms with Gasteiger partial charge in [-0.15, -0.1) is 0 Å². The normalized spacial score (nSPS) is 12.5. The van der Waals surface area contributed by atoms with Crippen LogP contribution in [-0.4, -0.2) is 38.0 Å². The first-order chi connectivity index (χ1) is 7.11. The largest absolute Gasteiger partial charge is 0.348 e. The van der Waals surface area contributed by atoms with E-state index in [2.05, 4.69) is 19.2 Å². The number of nitrogens with zero attached hydrogens (tertiary/aromatic N) is 1. The van der Waals surface area contributed by atoms with Gasteiger partial charge in [-0.05, 0) is 18.9 Å². The molecule has 0 aromatic heterocycles. The third-order valence-corrected chi connectivity index (χ3v) is 2.75. The molecule has 0 rings (SSSR count). The molecule has 15 heavy (non-hydrogen) atoms. The molecule has 90 valence electrons. The van der Waals surface area contributed by atoms with E-state index in [1.165, 1.54) is 25.7 Å². The molecule has 0 aliphatic heterocycles. The molecule has 0 radical (unpaired) electrons. The van der Waals surface area contributed by atoms with E-state index in [1.807, 2.05) is 0 Å². The topological polar surface area (TPSA) is 32.3 Å². The molecule has 0 heterocycles. The molecule has 1 unspecified atom stereocenters. The summed E-state index contributed by atoms with van der Waals surface area (Å²) in [5.41, 5.74) is 0. The number of likely N-dealkylation sites (N-methyl/N-ethyl adjacent to an activating group) is 1. The Morgan fingerprint density at radius 1 is 1.33 bits per heavy atom. The van der Waals surface area contributed by atoms with E-state index in [1.54, 1.807) is 19.0 Å². The average molecular weight is 214 g/mol. The highest BCUT2D eigenvalue weighted by molar-refractivity contribution is 5.77. The Morgan fingerprint density at radius 3 is 2.47 bits per heavy atom. The highest BCUT2D eigenvalue weighted by Crippen LogP contribution is 2.10. The molecular weight excluding hydrogens is 188 g/mol. The maximum atomic E-state index is 11.3. The van der Waals surface area contributed by atoms with Crippen LogP contribution in [0.3, 0.4) is 0 Å². The van der Waals surface area contributed by atoms with Crippen LogP contribution in [0.5, 0.6) is 0 Å². The summed E-state index contributed by atoms with van der Waals surface area (Å²) in [4.78, 5) is 12.9. The van der Waals surface area contributed by atoms with Crippen molar-refractivity contribution in [3.05, 3.63) is 0 Å². The minimum atomic E-state index is 0.153. The van der Waals surface area contributed by atoms with E-state index in [-0.39, 0.29) is 5.91 Å². The van der Waals surface area contributed by atoms with Gasteiger partial charge in [0.05, 0.1) is 6.54 Å². The lowest BCUT2D eigenvalue weighted by atomic mass is 9.99. The van der Waals surface area contributed by atoms with Gasteiger partial charge in [0.1, 0.15) is 0 Å². The van der Waals surface area contributed by atoms with Crippen LogP contribution in [0, 0.1) is 5.92 Å². The zero-order valence-corrected chi connectivity index (χ0v) is 10.7. The second kappa shape index (κ2) is 8.72. The van der Waals surface area contributed by atoms with Crippen molar-refractivity contribution in [3.8, 4) is 0 Å². The molecule has 3 nitrogen and oxygen atoms in total. The Bertz CT molecular complexity index is 169. The van der Waals surface area contributed by atoms with Crippen LogP contribution in [0.25, 0.3) is 0 Å². The number of carbonyl (C=O) groups excluding carboxylic acids is 1. The molecule has 0 saturated carbocycles. The third-order valence-electron chi connectivity index (χ3n) is 2.75. The van der Waals surface area contributed by atoms with Gasteiger partial charge in [0.2, 0.25) is 5.91 Å². The lowest BCUT2D eigenvalue weighted by Crippen LogP contribution is -2.35. The zero-order chi connectivity index (χ0) is 11.7. The van der Waals surface area contributed by atoms with Gasteiger partial charge in [-0.1, -0.05) is 33.1 Å². The van der Waals surface area contributed by atoms with Gasteiger partial charge >= 0.3 is 0 Å². The minimum Gasteiger partial charge on any atom is -0.348 e. The molecule has 0 aromatic carbocycles. The first kappa shape index (κ1) is 14.4. The Hall–Kier alpha value is -0.570. The van der Waals surface area contributed by atoms with E-state index in [9.17, 15) is 4.79 Å². The summed E-state index contributed by atoms with van der Waals surface area (Å²) in [6.07, 6.45) is 5.02. The summed E-state index contributed by atoms with van der Waals surface area (Å²) in [5, 5.41) is 3.24. The van der Waals surface area contributed by atoms with Crippen LogP contribution in [-0.2, 0) is 4.79 Å². The van der Waals surface area contributed by atoms with Crippen LogP contribution >= 0.6 is 0 Å². The number of unbranched alkanes of at least 4 members (excludes halogenated alkanes) is 1. The van der Waals surface area contributed by atoms with E-state index in [0.29, 0.717) is 6.54 Å². The maximum Gasteiger partial charge on any atom is 0.236 e. The van der Waals surface area contributed by atoms with Crippen LogP contribution in [0.15, 0.2) is 0 Å². The maximum absolute atomic E-state index is 11.3. The summed E-state index contributed by atoms with van der Waals surface area (Å²) in [6.45, 7) is 5.87. The molecule has 3 heteroatoms. The molecule has 1 atom stereocenters. The fourth-order valence-corrected chi connectivity index (χ4v) is 1.48. The summed E-state index contributed by atoms with van der Waals surface area (Å²) >= 11 is 0. The minimum absolute atomic E-state index is 0.153. The van der Waals surface area contributed by atoms with Crippen LogP contribution in [0.4, 0.5) is 0 Å². The summed E-state index contributed by atoms with van der Waals surface area (Å²) in [6, 6.07) is 0. The van der Waals surface area contributed by atoms with Crippen molar-refractivity contribution in [1.29, 1.82) is 0 Å². The Labute approximate surface area is 94.2 Å². The molecule has 0 fully saturated rings. The first-order valence-electron chi connectivity index (χ1n) is 6.02. The Kier molecular flexibility index (Phi) is 8.38. The average Bonchev–Trinajstić information content (AvgIpc) is 2.22. The van der Waals surface area contributed by atoms with Crippen LogP contribution in [0.1, 0.15) is 39.5 Å². The van der Waals surface area contributed by atoms with E-state index < -0.39 is 0 Å². The first-order valence-corrected chi connectivity index (χ1v) is 6.02. The standard InChI is InChI=1S/C12H26N2O/c1-5-7-8-11(6-2)9-13-10-12(15)14(3)4/h11,13H,5-10H2,1-4H3. The van der Waals surface area contributed by atoms with Crippen LogP contribution < -0.4 is 5.32 Å². The number of hydrogen-bond acceptors (Lipinski definition) is 2. The van der Waals surface area contributed by atoms with Gasteiger partial charge < -0.3 is 10.2 Å². The number of amides is 1. The SMILES string of the molecule is CCCCC(CC)CNCC(=O)N(C)C. The smallest absolute Gasteiger partial charge is 0.236 e. The molecule has 0 bridgehead atoms. The van der Waals surface area contributed by atoms with E-state index >= 15 is 0 Å². The van der Waals surface area contributed by atoms with Gasteiger partial charge in [0.15, 0.2) is 0 Å². The quantitative estimate of drug-likeness (QED) is 0.669. The molecule has 1 amide bonds. The lowest BCUT2D eigenvalue weighted by molar-refractivity contribution is -0.127. The highest BCUT2D eigenvalue weighted by atomic mass is 16.2. The fraction of sp³-hybridized carbons (Fsp3) is 0.917. The Morgan fingerprint density at radius 2 is 2.00 bits per heavy atom. The molecule has 0 saturated heterocycles. The molecular formula is C12H26N2O. The lowest BCUT2D eigenvalue weighted by Gasteiger charge is -2.16.